The number of anilines is 1. The molecule has 1 aromatic heterocycles. The van der Waals surface area contributed by atoms with Crippen LogP contribution in [0.25, 0.3) is 0 Å². The van der Waals surface area contributed by atoms with E-state index in [9.17, 15) is 14.8 Å². The van der Waals surface area contributed by atoms with Crippen molar-refractivity contribution in [1.29, 1.82) is 0 Å². The minimum absolute atomic E-state index is 0.0889. The molecule has 7 rings (SSSR count). The molecule has 0 radical (unpaired) electrons. The molecule has 4 aromatic rings. The Morgan fingerprint density at radius 1 is 0.939 bits per heavy atom. The third-order valence-electron chi connectivity index (χ3n) is 9.14. The third kappa shape index (κ3) is 8.04. The molecule has 0 spiro atoms. The van der Waals surface area contributed by atoms with Crippen LogP contribution < -0.4 is 19.1 Å². The Morgan fingerprint density at radius 2 is 1.61 bits per heavy atom. The Hall–Kier alpha value is -4.51. The van der Waals surface area contributed by atoms with Gasteiger partial charge in [-0.1, -0.05) is 59.6 Å². The van der Waals surface area contributed by atoms with Gasteiger partial charge in [0.15, 0.2) is 23.9 Å². The van der Waals surface area contributed by atoms with E-state index in [0.29, 0.717) is 38.8 Å². The summed E-state index contributed by atoms with van der Waals surface area (Å²) < 4.78 is 23.5. The van der Waals surface area contributed by atoms with Crippen LogP contribution in [0.1, 0.15) is 46.0 Å². The fraction of sp³-hybridized carbons (Fsp3) is 0.324. The quantitative estimate of drug-likeness (QED) is 0.0932. The molecule has 10 nitrogen and oxygen atoms in total. The smallest absolute Gasteiger partial charge is 0.414 e. The van der Waals surface area contributed by atoms with Crippen molar-refractivity contribution in [3.63, 3.8) is 0 Å². The second-order valence-electron chi connectivity index (χ2n) is 12.2. The van der Waals surface area contributed by atoms with Crippen molar-refractivity contribution < 1.29 is 33.3 Å². The van der Waals surface area contributed by atoms with Gasteiger partial charge in [-0.3, -0.25) is 9.80 Å². The molecule has 1 amide bonds. The van der Waals surface area contributed by atoms with E-state index in [1.807, 2.05) is 30.3 Å². The SMILES string of the molecule is COc1ccc([C@H](Cc2c(Cl)c[n+]([O-])cc2Cl)OC(=O)c2ccc(CN(C(=O)O[C@H]3CN4CCC3CC4)c3ccccc3)cc2)cc1OC. The number of piperidine rings is 3. The monoisotopic (exact) mass is 705 g/mol. The maximum Gasteiger partial charge on any atom is 0.414 e. The normalized spacial score (nSPS) is 18.7. The minimum Gasteiger partial charge on any atom is -0.619 e. The summed E-state index contributed by atoms with van der Waals surface area (Å²) >= 11 is 12.8. The zero-order chi connectivity index (χ0) is 34.5. The number of ether oxygens (including phenoxy) is 4. The van der Waals surface area contributed by atoms with Crippen LogP contribution in [0.4, 0.5) is 10.5 Å². The van der Waals surface area contributed by atoms with E-state index in [4.69, 9.17) is 42.1 Å². The van der Waals surface area contributed by atoms with Crippen LogP contribution in [0.5, 0.6) is 11.5 Å². The zero-order valence-corrected chi connectivity index (χ0v) is 28.7. The molecule has 3 fully saturated rings. The van der Waals surface area contributed by atoms with Crippen LogP contribution in [0, 0.1) is 11.1 Å². The van der Waals surface area contributed by atoms with Gasteiger partial charge in [0.25, 0.3) is 0 Å². The average Bonchev–Trinajstić information content (AvgIpc) is 3.12. The number of para-hydroxylation sites is 1. The Labute approximate surface area is 295 Å². The Balaban J connectivity index is 1.20. The third-order valence-corrected chi connectivity index (χ3v) is 9.79. The number of carbonyl (C=O) groups excluding carboxylic acids is 2. The summed E-state index contributed by atoms with van der Waals surface area (Å²) in [5, 5.41) is 12.2. The number of aromatic nitrogens is 1. The topological polar surface area (TPSA) is 104 Å². The van der Waals surface area contributed by atoms with Gasteiger partial charge >= 0.3 is 12.1 Å². The summed E-state index contributed by atoms with van der Waals surface area (Å²) in [5.41, 5.74) is 2.88. The number of pyridine rings is 1. The number of hydrogen-bond donors (Lipinski definition) is 0. The van der Waals surface area contributed by atoms with Crippen LogP contribution in [0.3, 0.4) is 0 Å². The van der Waals surface area contributed by atoms with Crippen molar-refractivity contribution in [1.82, 2.24) is 4.90 Å². The fourth-order valence-electron chi connectivity index (χ4n) is 6.42. The molecule has 3 aliphatic rings. The number of methoxy groups -OCH3 is 2. The molecule has 0 aliphatic carbocycles. The second-order valence-corrected chi connectivity index (χ2v) is 13.0. The van der Waals surface area contributed by atoms with Gasteiger partial charge < -0.3 is 24.2 Å². The Bertz CT molecular complexity index is 1760. The average molecular weight is 707 g/mol. The number of nitrogens with zero attached hydrogens (tertiary/aromatic N) is 3. The van der Waals surface area contributed by atoms with E-state index in [-0.39, 0.29) is 29.1 Å². The van der Waals surface area contributed by atoms with E-state index in [2.05, 4.69) is 4.90 Å². The lowest BCUT2D eigenvalue weighted by atomic mass is 9.86. The lowest BCUT2D eigenvalue weighted by Crippen LogP contribution is -2.53. The van der Waals surface area contributed by atoms with Crippen LogP contribution >= 0.6 is 23.2 Å². The van der Waals surface area contributed by atoms with Crippen molar-refractivity contribution in [2.45, 2.75) is 38.0 Å². The number of fused-ring (bicyclic) bond motifs is 3. The number of rotatable bonds is 11. The van der Waals surface area contributed by atoms with Crippen LogP contribution in [-0.2, 0) is 22.4 Å². The van der Waals surface area contributed by atoms with Gasteiger partial charge in [-0.2, -0.15) is 4.73 Å². The van der Waals surface area contributed by atoms with E-state index in [1.165, 1.54) is 26.6 Å². The maximum atomic E-state index is 13.6. The Morgan fingerprint density at radius 3 is 2.22 bits per heavy atom. The number of carbonyl (C=O) groups is 2. The van der Waals surface area contributed by atoms with E-state index in [1.54, 1.807) is 47.4 Å². The molecule has 12 heteroatoms. The van der Waals surface area contributed by atoms with Gasteiger partial charge in [0.2, 0.25) is 0 Å². The molecular weight excluding hydrogens is 669 g/mol. The molecule has 3 aliphatic heterocycles. The number of benzene rings is 3. The van der Waals surface area contributed by atoms with Gasteiger partial charge in [0, 0.05) is 24.2 Å². The highest BCUT2D eigenvalue weighted by Crippen LogP contribution is 2.36. The van der Waals surface area contributed by atoms with E-state index in [0.717, 1.165) is 43.7 Å². The summed E-state index contributed by atoms with van der Waals surface area (Å²) in [6.07, 6.45) is 3.19. The predicted octanol–water partition coefficient (Wildman–Crippen LogP) is 7.02. The number of hydrogen-bond acceptors (Lipinski definition) is 8. The van der Waals surface area contributed by atoms with Gasteiger partial charge in [-0.15, -0.1) is 0 Å². The van der Waals surface area contributed by atoms with E-state index >= 15 is 0 Å². The second kappa shape index (κ2) is 15.4. The largest absolute Gasteiger partial charge is 0.619 e. The summed E-state index contributed by atoms with van der Waals surface area (Å²) in [6, 6.07) is 21.5. The van der Waals surface area contributed by atoms with Crippen LogP contribution in [0.2, 0.25) is 10.0 Å². The van der Waals surface area contributed by atoms with Gasteiger partial charge in [0.05, 0.1) is 26.3 Å². The standard InChI is InChI=1S/C37H37Cl2N3O7/c1-46-32-13-12-27(18-34(32)47-2)33(19-29-30(38)21-41(45)22-31(29)39)48-36(43)26-10-8-24(9-11-26)20-42(28-6-4-3-5-7-28)37(44)49-35-23-40-16-14-25(35)15-17-40/h3-13,18,21-22,25,33,35H,14-17,19-20,23H2,1-2H3/t33-,35-/m0/s1. The van der Waals surface area contributed by atoms with Crippen molar-refractivity contribution in [2.75, 3.05) is 38.8 Å². The van der Waals surface area contributed by atoms with E-state index < -0.39 is 18.2 Å². The van der Waals surface area contributed by atoms with Crippen molar-refractivity contribution in [3.05, 3.63) is 123 Å². The fourth-order valence-corrected chi connectivity index (χ4v) is 7.02. The molecular formula is C37H37Cl2N3O7. The van der Waals surface area contributed by atoms with Crippen molar-refractivity contribution >= 4 is 41.0 Å². The molecule has 0 N–H and O–H groups in total. The maximum absolute atomic E-state index is 13.6. The Kier molecular flexibility index (Phi) is 10.8. The molecule has 256 valence electrons. The van der Waals surface area contributed by atoms with Crippen LogP contribution in [0.15, 0.2) is 85.2 Å². The number of esters is 1. The highest BCUT2D eigenvalue weighted by atomic mass is 35.5. The molecule has 3 aromatic carbocycles. The minimum atomic E-state index is -0.848. The first-order chi connectivity index (χ1) is 23.7. The first-order valence-corrected chi connectivity index (χ1v) is 16.8. The predicted molar refractivity (Wildman–Crippen MR) is 185 cm³/mol. The van der Waals surface area contributed by atoms with Gasteiger partial charge in [0.1, 0.15) is 22.3 Å². The molecule has 0 unspecified atom stereocenters. The lowest BCUT2D eigenvalue weighted by molar-refractivity contribution is -0.605. The lowest BCUT2D eigenvalue weighted by Gasteiger charge is -2.44. The molecule has 0 saturated carbocycles. The highest BCUT2D eigenvalue weighted by Gasteiger charge is 2.37. The molecule has 3 saturated heterocycles. The number of amides is 1. The summed E-state index contributed by atoms with van der Waals surface area (Å²) in [5.74, 6) is 0.752. The molecule has 4 heterocycles. The molecule has 49 heavy (non-hydrogen) atoms. The van der Waals surface area contributed by atoms with Crippen molar-refractivity contribution in [3.8, 4) is 11.5 Å². The first kappa shape index (κ1) is 34.4. The summed E-state index contributed by atoms with van der Waals surface area (Å²) in [4.78, 5) is 31.1. The van der Waals surface area contributed by atoms with Gasteiger partial charge in [-0.25, -0.2) is 9.59 Å². The molecule has 2 bridgehead atoms. The van der Waals surface area contributed by atoms with Crippen molar-refractivity contribution in [2.24, 2.45) is 5.92 Å². The summed E-state index contributed by atoms with van der Waals surface area (Å²) in [7, 11) is 3.04. The zero-order valence-electron chi connectivity index (χ0n) is 27.2. The molecule has 2 atom stereocenters. The highest BCUT2D eigenvalue weighted by molar-refractivity contribution is 6.35. The van der Waals surface area contributed by atoms with Gasteiger partial charge in [-0.05, 0) is 79.4 Å². The first-order valence-electron chi connectivity index (χ1n) is 16.1. The number of halogens is 2. The summed E-state index contributed by atoms with van der Waals surface area (Å²) in [6.45, 7) is 3.12. The van der Waals surface area contributed by atoms with Crippen LogP contribution in [-0.4, -0.2) is 56.9 Å².